The minimum absolute atomic E-state index is 0.0561. The molecule has 5 heteroatoms. The van der Waals surface area contributed by atoms with Crippen LogP contribution in [-0.2, 0) is 4.79 Å². The van der Waals surface area contributed by atoms with E-state index in [4.69, 9.17) is 10.5 Å². The Morgan fingerprint density at radius 3 is 2.82 bits per heavy atom. The topological polar surface area (TPSA) is 64.4 Å². The van der Waals surface area contributed by atoms with Gasteiger partial charge in [0.05, 0.1) is 17.5 Å². The lowest BCUT2D eigenvalue weighted by Crippen LogP contribution is -2.28. The Hall–Kier alpha value is -1.07. The largest absolute Gasteiger partial charge is 0.495 e. The van der Waals surface area contributed by atoms with Gasteiger partial charge >= 0.3 is 0 Å². The minimum Gasteiger partial charge on any atom is -0.495 e. The van der Waals surface area contributed by atoms with Crippen LogP contribution in [0.25, 0.3) is 0 Å². The molecule has 94 valence electrons. The lowest BCUT2D eigenvalue weighted by atomic mass is 10.1. The van der Waals surface area contributed by atoms with E-state index in [0.29, 0.717) is 18.0 Å². The standard InChI is InChI=1S/C12H17BrN2O2/c1-3-8(7-14)12(16)15-9-4-5-10(13)11(6-9)17-2/h4-6,8H,3,7,14H2,1-2H3,(H,15,16). The first-order valence-corrected chi connectivity index (χ1v) is 6.26. The maximum Gasteiger partial charge on any atom is 0.228 e. The van der Waals surface area contributed by atoms with Crippen LogP contribution in [0.5, 0.6) is 5.75 Å². The number of nitrogens with one attached hydrogen (secondary N) is 1. The van der Waals surface area contributed by atoms with E-state index < -0.39 is 0 Å². The van der Waals surface area contributed by atoms with Gasteiger partial charge in [-0.3, -0.25) is 4.79 Å². The molecule has 0 aliphatic carbocycles. The molecule has 0 aliphatic heterocycles. The lowest BCUT2D eigenvalue weighted by molar-refractivity contribution is -0.119. The van der Waals surface area contributed by atoms with Crippen molar-refractivity contribution in [1.29, 1.82) is 0 Å². The molecular formula is C12H17BrN2O2. The van der Waals surface area contributed by atoms with Crippen LogP contribution in [0.15, 0.2) is 22.7 Å². The highest BCUT2D eigenvalue weighted by molar-refractivity contribution is 9.10. The van der Waals surface area contributed by atoms with E-state index in [9.17, 15) is 4.79 Å². The smallest absolute Gasteiger partial charge is 0.228 e. The molecule has 1 rings (SSSR count). The third-order valence-electron chi connectivity index (χ3n) is 2.57. The Balaban J connectivity index is 2.78. The maximum atomic E-state index is 11.8. The van der Waals surface area contributed by atoms with Crippen molar-refractivity contribution in [2.45, 2.75) is 13.3 Å². The molecule has 1 atom stereocenters. The molecule has 0 saturated heterocycles. The van der Waals surface area contributed by atoms with Crippen LogP contribution in [0.4, 0.5) is 5.69 Å². The quantitative estimate of drug-likeness (QED) is 0.877. The number of anilines is 1. The summed E-state index contributed by atoms with van der Waals surface area (Å²) in [5.41, 5.74) is 6.24. The zero-order valence-electron chi connectivity index (χ0n) is 10.00. The van der Waals surface area contributed by atoms with E-state index >= 15 is 0 Å². The molecule has 17 heavy (non-hydrogen) atoms. The molecule has 0 bridgehead atoms. The van der Waals surface area contributed by atoms with Gasteiger partial charge in [-0.2, -0.15) is 0 Å². The summed E-state index contributed by atoms with van der Waals surface area (Å²) >= 11 is 3.36. The van der Waals surface area contributed by atoms with E-state index in [0.717, 1.165) is 10.9 Å². The van der Waals surface area contributed by atoms with Crippen molar-refractivity contribution >= 4 is 27.5 Å². The van der Waals surface area contributed by atoms with Crippen LogP contribution >= 0.6 is 15.9 Å². The van der Waals surface area contributed by atoms with Gasteiger partial charge in [-0.15, -0.1) is 0 Å². The summed E-state index contributed by atoms with van der Waals surface area (Å²) in [7, 11) is 1.58. The molecule has 3 N–H and O–H groups in total. The Bertz CT molecular complexity index is 392. The van der Waals surface area contributed by atoms with Crippen molar-refractivity contribution in [2.24, 2.45) is 11.7 Å². The third-order valence-corrected chi connectivity index (χ3v) is 3.22. The number of carbonyl (C=O) groups is 1. The van der Waals surface area contributed by atoms with Crippen molar-refractivity contribution in [3.8, 4) is 5.75 Å². The van der Waals surface area contributed by atoms with Crippen LogP contribution in [0, 0.1) is 5.92 Å². The molecule has 0 radical (unpaired) electrons. The van der Waals surface area contributed by atoms with Gasteiger partial charge < -0.3 is 15.8 Å². The second-order valence-corrected chi connectivity index (χ2v) is 4.53. The second kappa shape index (κ2) is 6.61. The van der Waals surface area contributed by atoms with Gasteiger partial charge in [-0.1, -0.05) is 6.92 Å². The van der Waals surface area contributed by atoms with Crippen LogP contribution in [0.3, 0.4) is 0 Å². The number of amides is 1. The monoisotopic (exact) mass is 300 g/mol. The predicted molar refractivity (Wildman–Crippen MR) is 72.2 cm³/mol. The fourth-order valence-corrected chi connectivity index (χ4v) is 1.85. The summed E-state index contributed by atoms with van der Waals surface area (Å²) in [5, 5.41) is 2.83. The molecule has 0 saturated carbocycles. The van der Waals surface area contributed by atoms with Gasteiger partial charge in [-0.05, 0) is 34.5 Å². The third kappa shape index (κ3) is 3.71. The van der Waals surface area contributed by atoms with E-state index in [1.54, 1.807) is 13.2 Å². The van der Waals surface area contributed by atoms with Crippen molar-refractivity contribution in [3.63, 3.8) is 0 Å². The Labute approximate surface area is 110 Å². The van der Waals surface area contributed by atoms with E-state index in [1.165, 1.54) is 0 Å². The molecule has 1 amide bonds. The number of carbonyl (C=O) groups excluding carboxylic acids is 1. The van der Waals surface area contributed by atoms with Gasteiger partial charge in [0.2, 0.25) is 5.91 Å². The summed E-state index contributed by atoms with van der Waals surface area (Å²) < 4.78 is 6.01. The Kier molecular flexibility index (Phi) is 5.44. The average molecular weight is 301 g/mol. The summed E-state index contributed by atoms with van der Waals surface area (Å²) in [6, 6.07) is 5.41. The van der Waals surface area contributed by atoms with Crippen LogP contribution in [0.1, 0.15) is 13.3 Å². The SMILES string of the molecule is CCC(CN)C(=O)Nc1ccc(Br)c(OC)c1. The number of ether oxygens (including phenoxy) is 1. The highest BCUT2D eigenvalue weighted by atomic mass is 79.9. The van der Waals surface area contributed by atoms with Crippen LogP contribution < -0.4 is 15.8 Å². The summed E-state index contributed by atoms with van der Waals surface area (Å²) in [6.07, 6.45) is 0.732. The first kappa shape index (κ1) is 14.0. The molecule has 0 fully saturated rings. The first-order valence-electron chi connectivity index (χ1n) is 5.46. The van der Waals surface area contributed by atoms with E-state index in [-0.39, 0.29) is 11.8 Å². The van der Waals surface area contributed by atoms with Gasteiger partial charge in [0, 0.05) is 18.3 Å². The van der Waals surface area contributed by atoms with Crippen molar-refractivity contribution in [3.05, 3.63) is 22.7 Å². The predicted octanol–water partition coefficient (Wildman–Crippen LogP) is 2.38. The second-order valence-electron chi connectivity index (χ2n) is 3.68. The number of methoxy groups -OCH3 is 1. The molecule has 0 spiro atoms. The van der Waals surface area contributed by atoms with Gasteiger partial charge in [0.1, 0.15) is 5.75 Å². The average Bonchev–Trinajstić information content (AvgIpc) is 2.33. The number of benzene rings is 1. The van der Waals surface area contributed by atoms with Crippen LogP contribution in [-0.4, -0.2) is 19.6 Å². The van der Waals surface area contributed by atoms with Crippen molar-refractivity contribution in [2.75, 3.05) is 19.0 Å². The number of hydrogen-bond acceptors (Lipinski definition) is 3. The number of hydrogen-bond donors (Lipinski definition) is 2. The molecule has 0 aliphatic rings. The van der Waals surface area contributed by atoms with Gasteiger partial charge in [0.15, 0.2) is 0 Å². The molecule has 1 unspecified atom stereocenters. The molecule has 4 nitrogen and oxygen atoms in total. The molecule has 1 aromatic carbocycles. The van der Waals surface area contributed by atoms with E-state index in [2.05, 4.69) is 21.2 Å². The van der Waals surface area contributed by atoms with Crippen LogP contribution in [0.2, 0.25) is 0 Å². The molecule has 0 heterocycles. The Morgan fingerprint density at radius 2 is 2.29 bits per heavy atom. The Morgan fingerprint density at radius 1 is 1.59 bits per heavy atom. The van der Waals surface area contributed by atoms with Crippen molar-refractivity contribution in [1.82, 2.24) is 0 Å². The summed E-state index contributed by atoms with van der Waals surface area (Å²) in [4.78, 5) is 11.8. The van der Waals surface area contributed by atoms with E-state index in [1.807, 2.05) is 19.1 Å². The van der Waals surface area contributed by atoms with Gasteiger partial charge in [-0.25, -0.2) is 0 Å². The number of nitrogens with two attached hydrogens (primary N) is 1. The maximum absolute atomic E-state index is 11.8. The summed E-state index contributed by atoms with van der Waals surface area (Å²) in [5.74, 6) is 0.479. The molecule has 1 aromatic rings. The number of rotatable bonds is 5. The molecular weight excluding hydrogens is 284 g/mol. The first-order chi connectivity index (χ1) is 8.12. The van der Waals surface area contributed by atoms with Crippen molar-refractivity contribution < 1.29 is 9.53 Å². The molecule has 0 aromatic heterocycles. The minimum atomic E-state index is -0.148. The van der Waals surface area contributed by atoms with Gasteiger partial charge in [0.25, 0.3) is 0 Å². The number of halogens is 1. The zero-order valence-corrected chi connectivity index (χ0v) is 11.6. The zero-order chi connectivity index (χ0) is 12.8. The summed E-state index contributed by atoms with van der Waals surface area (Å²) in [6.45, 7) is 2.30. The lowest BCUT2D eigenvalue weighted by Gasteiger charge is -2.13. The fourth-order valence-electron chi connectivity index (χ4n) is 1.44. The normalized spacial score (nSPS) is 12.0. The fraction of sp³-hybridized carbons (Fsp3) is 0.417. The highest BCUT2D eigenvalue weighted by Crippen LogP contribution is 2.28. The highest BCUT2D eigenvalue weighted by Gasteiger charge is 2.14.